The van der Waals surface area contributed by atoms with Gasteiger partial charge in [-0.05, 0) is 55.3 Å². The maximum Gasteiger partial charge on any atom is 0.157 e. The highest BCUT2D eigenvalue weighted by Crippen LogP contribution is 2.74. The topological polar surface area (TPSA) is 83.8 Å². The summed E-state index contributed by atoms with van der Waals surface area (Å²) in [5.41, 5.74) is 0.252. The van der Waals surface area contributed by atoms with E-state index in [1.165, 1.54) is 0 Å². The Labute approximate surface area is 166 Å². The van der Waals surface area contributed by atoms with Crippen LogP contribution in [0, 0.1) is 23.2 Å². The Morgan fingerprint density at radius 1 is 1.04 bits per heavy atom. The summed E-state index contributed by atoms with van der Waals surface area (Å²) in [6, 6.07) is 0. The van der Waals surface area contributed by atoms with Gasteiger partial charge in [0, 0.05) is 11.5 Å². The van der Waals surface area contributed by atoms with Gasteiger partial charge in [0.15, 0.2) is 12.6 Å². The zero-order chi connectivity index (χ0) is 20.4. The molecule has 1 unspecified atom stereocenters. The van der Waals surface area contributed by atoms with Gasteiger partial charge in [-0.15, -0.1) is 0 Å². The summed E-state index contributed by atoms with van der Waals surface area (Å²) in [5, 5.41) is 21.2. The standard InChI is InChI=1S/C23H30O5/c1-12(2)7-14-8-23(6-5-22(13(3)4)9-17(22)23)28-21-16(11-25)19(26)15(10-24)20(27)18(14)21/h10-14,17,26-27H,5-9H2,1-4H3/t14?,17-,22+,23+/m0/s1. The lowest BCUT2D eigenvalue weighted by molar-refractivity contribution is 0.0145. The van der Waals surface area contributed by atoms with Gasteiger partial charge in [0.1, 0.15) is 22.8 Å². The molecule has 152 valence electrons. The molecular formula is C23H30O5. The van der Waals surface area contributed by atoms with Crippen molar-refractivity contribution in [2.24, 2.45) is 23.2 Å². The van der Waals surface area contributed by atoms with E-state index in [0.29, 0.717) is 47.1 Å². The smallest absolute Gasteiger partial charge is 0.157 e. The summed E-state index contributed by atoms with van der Waals surface area (Å²) >= 11 is 0. The van der Waals surface area contributed by atoms with Gasteiger partial charge in [-0.2, -0.15) is 0 Å². The maximum atomic E-state index is 11.8. The summed E-state index contributed by atoms with van der Waals surface area (Å²) in [7, 11) is 0. The van der Waals surface area contributed by atoms with Gasteiger partial charge in [-0.3, -0.25) is 9.59 Å². The van der Waals surface area contributed by atoms with Crippen LogP contribution in [-0.4, -0.2) is 28.4 Å². The van der Waals surface area contributed by atoms with Crippen LogP contribution in [0.4, 0.5) is 0 Å². The van der Waals surface area contributed by atoms with Crippen LogP contribution in [0.3, 0.4) is 0 Å². The molecule has 1 aliphatic heterocycles. The first kappa shape index (κ1) is 19.3. The second kappa shape index (κ2) is 6.23. The van der Waals surface area contributed by atoms with Crippen molar-refractivity contribution in [1.29, 1.82) is 0 Å². The number of benzene rings is 1. The van der Waals surface area contributed by atoms with Crippen LogP contribution in [0.1, 0.15) is 92.0 Å². The number of hydrogen-bond acceptors (Lipinski definition) is 5. The van der Waals surface area contributed by atoms with Crippen molar-refractivity contribution in [2.45, 2.75) is 71.3 Å². The van der Waals surface area contributed by atoms with Crippen molar-refractivity contribution >= 4 is 12.6 Å². The normalized spacial score (nSPS) is 32.9. The molecule has 0 amide bonds. The molecule has 1 spiro atoms. The van der Waals surface area contributed by atoms with Crippen molar-refractivity contribution < 1.29 is 24.5 Å². The number of aromatic hydroxyl groups is 2. The lowest BCUT2D eigenvalue weighted by Gasteiger charge is -2.43. The molecule has 0 radical (unpaired) electrons. The number of ether oxygens (including phenoxy) is 1. The van der Waals surface area contributed by atoms with Gasteiger partial charge in [-0.25, -0.2) is 0 Å². The van der Waals surface area contributed by atoms with E-state index in [4.69, 9.17) is 4.74 Å². The number of hydrogen-bond donors (Lipinski definition) is 2. The molecule has 5 nitrogen and oxygen atoms in total. The van der Waals surface area contributed by atoms with E-state index in [0.717, 1.165) is 32.1 Å². The van der Waals surface area contributed by atoms with Crippen LogP contribution in [-0.2, 0) is 0 Å². The highest BCUT2D eigenvalue weighted by molar-refractivity contribution is 5.95. The molecule has 2 N–H and O–H groups in total. The second-order valence-electron chi connectivity index (χ2n) is 9.85. The molecule has 1 heterocycles. The first-order chi connectivity index (χ1) is 13.2. The van der Waals surface area contributed by atoms with E-state index in [-0.39, 0.29) is 28.4 Å². The lowest BCUT2D eigenvalue weighted by Crippen LogP contribution is -2.42. The molecule has 3 aliphatic rings. The number of phenols is 2. The van der Waals surface area contributed by atoms with Gasteiger partial charge in [0.25, 0.3) is 0 Å². The molecular weight excluding hydrogens is 356 g/mol. The monoisotopic (exact) mass is 386 g/mol. The fourth-order valence-electron chi connectivity index (χ4n) is 6.23. The van der Waals surface area contributed by atoms with Gasteiger partial charge in [0.05, 0.1) is 11.1 Å². The Balaban J connectivity index is 1.88. The fraction of sp³-hybridized carbons (Fsp3) is 0.652. The van der Waals surface area contributed by atoms with E-state index in [9.17, 15) is 19.8 Å². The van der Waals surface area contributed by atoms with E-state index in [1.807, 2.05) is 0 Å². The van der Waals surface area contributed by atoms with Gasteiger partial charge >= 0.3 is 0 Å². The molecule has 1 aromatic carbocycles. The Kier molecular flexibility index (Phi) is 4.29. The molecule has 2 fully saturated rings. The van der Waals surface area contributed by atoms with Crippen LogP contribution in [0.5, 0.6) is 17.2 Å². The average molecular weight is 386 g/mol. The first-order valence-corrected chi connectivity index (χ1v) is 10.4. The van der Waals surface area contributed by atoms with E-state index < -0.39 is 5.75 Å². The van der Waals surface area contributed by atoms with Crippen molar-refractivity contribution in [1.82, 2.24) is 0 Å². The second-order valence-corrected chi connectivity index (χ2v) is 9.85. The molecule has 1 aromatic rings. The zero-order valence-corrected chi connectivity index (χ0v) is 17.1. The largest absolute Gasteiger partial charge is 0.507 e. The van der Waals surface area contributed by atoms with Crippen LogP contribution < -0.4 is 4.74 Å². The van der Waals surface area contributed by atoms with Crippen LogP contribution in [0.2, 0.25) is 0 Å². The molecule has 0 bridgehead atoms. The Morgan fingerprint density at radius 2 is 1.71 bits per heavy atom. The highest BCUT2D eigenvalue weighted by atomic mass is 16.5. The fourth-order valence-corrected chi connectivity index (χ4v) is 6.23. The van der Waals surface area contributed by atoms with Gasteiger partial charge in [0.2, 0.25) is 0 Å². The number of carbonyl (C=O) groups excluding carboxylic acids is 2. The number of carbonyl (C=O) groups is 2. The minimum Gasteiger partial charge on any atom is -0.507 e. The SMILES string of the molecule is CC(C)CC1C[C@@]2(CC[C@]3(C(C)C)C[C@H]23)Oc2c(C=O)c(O)c(C=O)c(O)c21. The predicted molar refractivity (Wildman–Crippen MR) is 105 cm³/mol. The van der Waals surface area contributed by atoms with Crippen molar-refractivity contribution in [3.8, 4) is 17.2 Å². The molecule has 5 heteroatoms. The Hall–Kier alpha value is -2.04. The van der Waals surface area contributed by atoms with Crippen molar-refractivity contribution in [3.05, 3.63) is 16.7 Å². The van der Waals surface area contributed by atoms with Crippen LogP contribution in [0.15, 0.2) is 0 Å². The number of fused-ring (bicyclic) bond motifs is 3. The van der Waals surface area contributed by atoms with Crippen LogP contribution >= 0.6 is 0 Å². The molecule has 4 rings (SSSR count). The molecule has 4 atom stereocenters. The predicted octanol–water partition coefficient (Wildman–Crippen LogP) is 4.83. The van der Waals surface area contributed by atoms with E-state index in [1.54, 1.807) is 0 Å². The third-order valence-corrected chi connectivity index (χ3v) is 7.72. The summed E-state index contributed by atoms with van der Waals surface area (Å²) in [6.07, 6.45) is 5.74. The van der Waals surface area contributed by atoms with Crippen molar-refractivity contribution in [3.63, 3.8) is 0 Å². The quantitative estimate of drug-likeness (QED) is 0.708. The molecule has 0 aromatic heterocycles. The summed E-state index contributed by atoms with van der Waals surface area (Å²) in [6.45, 7) is 8.80. The molecule has 2 aliphatic carbocycles. The summed E-state index contributed by atoms with van der Waals surface area (Å²) < 4.78 is 6.54. The third kappa shape index (κ3) is 2.44. The summed E-state index contributed by atoms with van der Waals surface area (Å²) in [4.78, 5) is 23.3. The lowest BCUT2D eigenvalue weighted by atomic mass is 9.75. The number of phenolic OH excluding ortho intramolecular Hbond substituents is 2. The van der Waals surface area contributed by atoms with Crippen molar-refractivity contribution in [2.75, 3.05) is 0 Å². The zero-order valence-electron chi connectivity index (χ0n) is 17.1. The van der Waals surface area contributed by atoms with E-state index in [2.05, 4.69) is 27.7 Å². The minimum atomic E-state index is -0.481. The minimum absolute atomic E-state index is 0.00886. The molecule has 0 saturated heterocycles. The third-order valence-electron chi connectivity index (χ3n) is 7.72. The number of rotatable bonds is 5. The van der Waals surface area contributed by atoms with E-state index >= 15 is 0 Å². The van der Waals surface area contributed by atoms with Gasteiger partial charge in [-0.1, -0.05) is 27.7 Å². The molecule has 2 saturated carbocycles. The van der Waals surface area contributed by atoms with Crippen LogP contribution in [0.25, 0.3) is 0 Å². The Morgan fingerprint density at radius 3 is 2.21 bits per heavy atom. The number of aldehydes is 2. The average Bonchev–Trinajstić information content (AvgIpc) is 3.30. The maximum absolute atomic E-state index is 11.8. The Bertz CT molecular complexity index is 842. The first-order valence-electron chi connectivity index (χ1n) is 10.4. The molecule has 28 heavy (non-hydrogen) atoms. The highest BCUT2D eigenvalue weighted by Gasteiger charge is 2.71. The van der Waals surface area contributed by atoms with Gasteiger partial charge < -0.3 is 14.9 Å². The summed E-state index contributed by atoms with van der Waals surface area (Å²) in [5.74, 6) is 0.968.